The van der Waals surface area contributed by atoms with Gasteiger partial charge in [0, 0.05) is 134 Å². The van der Waals surface area contributed by atoms with Crippen molar-refractivity contribution in [2.45, 2.75) is 40.0 Å². The molecule has 0 bridgehead atoms. The number of aliphatic hydroxyl groups excluding tert-OH is 1. The zero-order valence-electron chi connectivity index (χ0n) is 77.9. The maximum absolute atomic E-state index is 10.0. The molecular formula is C126H90Ir2N11O2S2+. The molecule has 143 heavy (non-hydrogen) atoms. The third-order valence-corrected chi connectivity index (χ3v) is 29.0. The molecule has 0 spiro atoms. The summed E-state index contributed by atoms with van der Waals surface area (Å²) in [5.74, 6) is 2.14. The van der Waals surface area contributed by atoms with Crippen LogP contribution < -0.4 is 18.3 Å². The first-order valence-corrected chi connectivity index (χ1v) is 49.0. The molecule has 0 saturated heterocycles. The van der Waals surface area contributed by atoms with E-state index < -0.39 is 0 Å². The fourth-order valence-electron chi connectivity index (χ4n) is 20.6. The smallest absolute Gasteiger partial charge is 0.296 e. The van der Waals surface area contributed by atoms with Crippen LogP contribution >= 0.6 is 22.7 Å². The Hall–Kier alpha value is -16.5. The van der Waals surface area contributed by atoms with E-state index in [2.05, 4.69) is 374 Å². The summed E-state index contributed by atoms with van der Waals surface area (Å²) in [4.78, 5) is 23.5. The molecule has 0 atom stereocenters. The van der Waals surface area contributed by atoms with Crippen molar-refractivity contribution in [1.29, 1.82) is 0 Å². The number of rotatable bonds is 6. The second kappa shape index (κ2) is 40.0. The van der Waals surface area contributed by atoms with Crippen molar-refractivity contribution in [3.8, 4) is 67.9 Å². The predicted octanol–water partition coefficient (Wildman–Crippen LogP) is 28.3. The van der Waals surface area contributed by atoms with Gasteiger partial charge in [0.05, 0.1) is 50.7 Å². The molecule has 0 fully saturated rings. The number of thiophene rings is 2. The Labute approximate surface area is 860 Å². The van der Waals surface area contributed by atoms with Gasteiger partial charge in [-0.1, -0.05) is 236 Å². The van der Waals surface area contributed by atoms with Gasteiger partial charge in [0.15, 0.2) is 51.6 Å². The number of hydrogen-bond acceptors (Lipinski definition) is 7. The first-order chi connectivity index (χ1) is 69.7. The molecule has 0 aliphatic carbocycles. The molecule has 16 aromatic carbocycles. The van der Waals surface area contributed by atoms with Gasteiger partial charge in [0.25, 0.3) is 17.1 Å². The zero-order valence-corrected chi connectivity index (χ0v) is 84.3. The number of aliphatic hydroxyl groups is 1. The average molecular weight is 2240 g/mol. The van der Waals surface area contributed by atoms with E-state index in [-0.39, 0.29) is 51.8 Å². The number of fused-ring (bicyclic) bond motifs is 25. The normalized spacial score (nSPS) is 11.9. The number of allylic oxidation sites excluding steroid dienone is 2. The molecule has 1 N–H and O–H groups in total. The first-order valence-electron chi connectivity index (χ1n) is 47.3. The van der Waals surface area contributed by atoms with Gasteiger partial charge >= 0.3 is 0 Å². The number of imidazole rings is 4. The summed E-state index contributed by atoms with van der Waals surface area (Å²) in [7, 11) is 0. The van der Waals surface area contributed by atoms with E-state index in [0.29, 0.717) is 0 Å². The van der Waals surface area contributed by atoms with Crippen LogP contribution in [0.15, 0.2) is 461 Å². The average Bonchev–Trinajstić information content (AvgIpc) is 1.54. The van der Waals surface area contributed by atoms with Crippen LogP contribution in [-0.2, 0) is 71.2 Å². The summed E-state index contributed by atoms with van der Waals surface area (Å²) in [6.45, 7) is 6.76. The summed E-state index contributed by atoms with van der Waals surface area (Å²) in [5.41, 5.74) is 31.1. The number of para-hydroxylation sites is 11. The standard InChI is InChI=1S/C20H13N2.C20H15N2.C19H13N2.C18H12NS.C17H10NS.C16H11N2.C11H8N.C5H8O2.2Ir/c1-2-9-16-14(7-1)15-8-5-6-13-12-21-17-10-3-4-11-18(17)22(16)20(21)19(13)15;1-2-9-16(10-3-1)22-19-13-7-6-12-18(19)21-14-15-8-4-5-11-17(15)20(21)22;1-3-9-15(10-4-1)19-20-17-13-7-8-14-18(17)21(19)16-11-5-2-6-12-16;1-2-7-16-13(5-1)14-9-8-12-11-19-10-4-3-6-15(19)17(12)18(14)20-16;1-2-10-16-12(6-1)13-7-5-8-14(17(13)19-16)15-9-3-4-11-18-15;1-2-7-14-13(6-1)17-9-8-11-4-3-5-12-10-18(14)16(17)15(11)12;1-2-6-10(7-3-1)11-8-4-5-9-12-11;1-4(6)3-5(2)7;;/h1-11H,12H2;1-13H,14H2;1-9,11-14H;1-10H,11H2;1-7,9-11H;1-9H,10H2;1-6,8-9H;3,6H,1-2H3;;/q2*+1;-1;+1;-1;+1;-1;;;. The van der Waals surface area contributed by atoms with Crippen LogP contribution in [0, 0.1) is 18.2 Å². The van der Waals surface area contributed by atoms with Crippen molar-refractivity contribution in [2.75, 3.05) is 0 Å². The van der Waals surface area contributed by atoms with Crippen LogP contribution in [0.5, 0.6) is 0 Å². The van der Waals surface area contributed by atoms with E-state index >= 15 is 0 Å². The van der Waals surface area contributed by atoms with E-state index in [0.717, 1.165) is 76.8 Å². The second-order valence-corrected chi connectivity index (χ2v) is 37.3. The maximum atomic E-state index is 10.0. The summed E-state index contributed by atoms with van der Waals surface area (Å²) in [6, 6.07) is 158. The van der Waals surface area contributed by atoms with Crippen LogP contribution in [-0.4, -0.2) is 43.8 Å². The van der Waals surface area contributed by atoms with Crippen molar-refractivity contribution < 1.29 is 68.4 Å². The summed E-state index contributed by atoms with van der Waals surface area (Å²) >= 11 is 3.73. The molecule has 4 aliphatic heterocycles. The van der Waals surface area contributed by atoms with E-state index in [1.54, 1.807) is 6.20 Å². The Morgan fingerprint density at radius 1 is 0.385 bits per heavy atom. The summed E-state index contributed by atoms with van der Waals surface area (Å²) in [5, 5.41) is 20.6. The first kappa shape index (κ1) is 91.6. The number of nitrogens with zero attached hydrogens (tertiary/aromatic N) is 11. The number of carbonyl (C=O) groups excluding carboxylic acids is 1. The van der Waals surface area contributed by atoms with E-state index in [1.807, 2.05) is 156 Å². The Balaban J connectivity index is 0.0000000946. The quantitative estimate of drug-likeness (QED) is 0.0586. The Morgan fingerprint density at radius 2 is 0.923 bits per heavy atom. The van der Waals surface area contributed by atoms with Crippen LogP contribution in [0.25, 0.3) is 196 Å². The van der Waals surface area contributed by atoms with Crippen molar-refractivity contribution >= 4 is 157 Å². The molecule has 15 heterocycles. The number of hydrogen-bond donors (Lipinski definition) is 1. The molecular weight excluding hydrogens is 2150 g/mol. The monoisotopic (exact) mass is 2240 g/mol. The van der Waals surface area contributed by atoms with Crippen molar-refractivity contribution in [2.24, 2.45) is 0 Å². The molecule has 11 aromatic heterocycles. The Morgan fingerprint density at radius 3 is 1.61 bits per heavy atom. The molecule has 0 amide bonds. The molecule has 4 aliphatic rings. The van der Waals surface area contributed by atoms with Crippen LogP contribution in [0.4, 0.5) is 0 Å². The van der Waals surface area contributed by atoms with Gasteiger partial charge in [-0.25, -0.2) is 13.7 Å². The topological polar surface area (TPSA) is 110 Å². The number of pyridine rings is 5. The number of benzene rings is 16. The van der Waals surface area contributed by atoms with Gasteiger partial charge in [-0.2, -0.15) is 29.3 Å². The largest absolute Gasteiger partial charge is 0.512 e. The maximum Gasteiger partial charge on any atom is 0.296 e. The second-order valence-electron chi connectivity index (χ2n) is 35.2. The Bertz CT molecular complexity index is 9470. The van der Waals surface area contributed by atoms with Crippen molar-refractivity contribution in [1.82, 2.24) is 32.9 Å². The molecule has 27 aromatic rings. The van der Waals surface area contributed by atoms with Crippen LogP contribution in [0.3, 0.4) is 0 Å². The van der Waals surface area contributed by atoms with Crippen molar-refractivity contribution in [3.05, 3.63) is 502 Å². The van der Waals surface area contributed by atoms with Gasteiger partial charge in [0.2, 0.25) is 5.69 Å². The van der Waals surface area contributed by atoms with Gasteiger partial charge in [0.1, 0.15) is 30.8 Å². The molecule has 690 valence electrons. The minimum atomic E-state index is -0.125. The third kappa shape index (κ3) is 17.1. The number of carbonyl (C=O) groups is 1. The molecule has 17 heteroatoms. The fourth-order valence-corrected chi connectivity index (χ4v) is 23.1. The van der Waals surface area contributed by atoms with Gasteiger partial charge < -0.3 is 19.6 Å². The van der Waals surface area contributed by atoms with Crippen LogP contribution in [0.1, 0.15) is 36.1 Å². The molecule has 0 saturated carbocycles. The van der Waals surface area contributed by atoms with Crippen molar-refractivity contribution in [3.63, 3.8) is 0 Å². The SMILES string of the molecule is CC(=O)C=C(C)O.[Ir].[Ir].[c-]1ccc2c(sc3ccccc32)c1-c1ccccn1.[c-]1ccccc1-c1ccccn1.[c-]1ccccc1-c1nc2ccccc2n1-c1ccccc1.c1cc2c3c(c1)c1ccccc1n1c4ccccc4[n+](c31)C2.c1cc2c3c(c1)ccn1c4ccccc4[n+](c31)C2.c1cc[n+]2c(c1)-c1c(ccc3c1sc1ccccc13)C2.c1ccc(-n2c3[n+](c4ccccc42)Cc2ccccc2-3)cc1. The molecule has 31 rings (SSSR count). The van der Waals surface area contributed by atoms with E-state index in [4.69, 9.17) is 10.1 Å². The van der Waals surface area contributed by atoms with E-state index in [9.17, 15) is 4.79 Å². The molecule has 13 nitrogen and oxygen atoms in total. The zero-order chi connectivity index (χ0) is 94.4. The predicted molar refractivity (Wildman–Crippen MR) is 575 cm³/mol. The third-order valence-electron chi connectivity index (χ3n) is 26.6. The minimum absolute atomic E-state index is 0. The fraction of sp³-hybridized carbons (Fsp3) is 0.0476. The van der Waals surface area contributed by atoms with Gasteiger partial charge in [-0.05, 0) is 162 Å². The number of ketones is 1. The summed E-state index contributed by atoms with van der Waals surface area (Å²) in [6.07, 6.45) is 9.14. The Kier molecular flexibility index (Phi) is 25.6. The van der Waals surface area contributed by atoms with E-state index in [1.165, 1.54) is 188 Å². The molecule has 2 radical (unpaired) electrons. The van der Waals surface area contributed by atoms with Gasteiger partial charge in [-0.3, -0.25) is 9.78 Å². The number of aromatic nitrogens is 11. The summed E-state index contributed by atoms with van der Waals surface area (Å²) < 4.78 is 24.3. The van der Waals surface area contributed by atoms with Gasteiger partial charge in [-0.15, -0.1) is 107 Å². The van der Waals surface area contributed by atoms with Crippen LogP contribution in [0.2, 0.25) is 0 Å². The molecule has 0 unspecified atom stereocenters. The minimum Gasteiger partial charge on any atom is -0.512 e.